The number of anilines is 1. The average molecular weight is 355 g/mol. The molecule has 5 heteroatoms. The summed E-state index contributed by atoms with van der Waals surface area (Å²) in [4.78, 5) is 8.88. The zero-order valence-electron chi connectivity index (χ0n) is 16.1. The Hall–Kier alpha value is -2.27. The number of pyridine rings is 1. The Bertz CT molecular complexity index is 712. The summed E-state index contributed by atoms with van der Waals surface area (Å²) in [5.74, 6) is 2.91. The molecule has 1 aromatic heterocycles. The van der Waals surface area contributed by atoms with Crippen molar-refractivity contribution >= 4 is 5.82 Å². The zero-order chi connectivity index (χ0) is 18.4. The van der Waals surface area contributed by atoms with E-state index in [1.807, 2.05) is 38.5 Å². The molecule has 140 valence electrons. The maximum absolute atomic E-state index is 5.38. The lowest BCUT2D eigenvalue weighted by Gasteiger charge is -2.27. The van der Waals surface area contributed by atoms with Crippen molar-refractivity contribution in [2.75, 3.05) is 38.9 Å². The Morgan fingerprint density at radius 2 is 1.88 bits per heavy atom. The van der Waals surface area contributed by atoms with Gasteiger partial charge in [-0.2, -0.15) is 0 Å². The molecule has 0 spiro atoms. The molecule has 2 aliphatic heterocycles. The number of rotatable bonds is 3. The summed E-state index contributed by atoms with van der Waals surface area (Å²) in [6, 6.07) is 10.2. The highest BCUT2D eigenvalue weighted by Crippen LogP contribution is 2.35. The quantitative estimate of drug-likeness (QED) is 0.836. The third-order valence-electron chi connectivity index (χ3n) is 4.55. The van der Waals surface area contributed by atoms with E-state index in [9.17, 15) is 0 Å². The number of benzene rings is 1. The number of fused-ring (bicyclic) bond motifs is 1. The Morgan fingerprint density at radius 1 is 1.08 bits per heavy atom. The van der Waals surface area contributed by atoms with Gasteiger partial charge in [-0.15, -0.1) is 0 Å². The van der Waals surface area contributed by atoms with Gasteiger partial charge in [0.1, 0.15) is 5.82 Å². The summed E-state index contributed by atoms with van der Waals surface area (Å²) >= 11 is 0. The lowest BCUT2D eigenvalue weighted by atomic mass is 10.1. The molecule has 2 aliphatic rings. The molecule has 0 aliphatic carbocycles. The molecule has 1 saturated heterocycles. The topological polar surface area (TPSA) is 37.8 Å². The van der Waals surface area contributed by atoms with Crippen LogP contribution >= 0.6 is 0 Å². The summed E-state index contributed by atoms with van der Waals surface area (Å²) < 4.78 is 10.7. The predicted octanol–water partition coefficient (Wildman–Crippen LogP) is 3.86. The molecule has 0 bridgehead atoms. The lowest BCUT2D eigenvalue weighted by Crippen LogP contribution is -2.30. The first-order valence-corrected chi connectivity index (χ1v) is 9.33. The van der Waals surface area contributed by atoms with Crippen molar-refractivity contribution in [2.24, 2.45) is 0 Å². The van der Waals surface area contributed by atoms with E-state index in [1.54, 1.807) is 0 Å². The monoisotopic (exact) mass is 355 g/mol. The van der Waals surface area contributed by atoms with Gasteiger partial charge in [0.05, 0.1) is 0 Å². The minimum atomic E-state index is 0.347. The molecule has 2 aromatic rings. The highest BCUT2D eigenvalue weighted by Gasteiger charge is 2.16. The van der Waals surface area contributed by atoms with Gasteiger partial charge in [-0.25, -0.2) is 4.98 Å². The first-order chi connectivity index (χ1) is 12.6. The summed E-state index contributed by atoms with van der Waals surface area (Å²) in [6.45, 7) is 5.70. The molecule has 0 amide bonds. The maximum Gasteiger partial charge on any atom is 0.231 e. The van der Waals surface area contributed by atoms with Crippen molar-refractivity contribution < 1.29 is 9.47 Å². The third-order valence-corrected chi connectivity index (χ3v) is 4.55. The van der Waals surface area contributed by atoms with Crippen LogP contribution in [0.3, 0.4) is 0 Å². The largest absolute Gasteiger partial charge is 0.454 e. The minimum absolute atomic E-state index is 0.347. The number of nitrogens with zero attached hydrogens (tertiary/aromatic N) is 3. The van der Waals surface area contributed by atoms with Crippen LogP contribution in [0.1, 0.15) is 30.4 Å². The van der Waals surface area contributed by atoms with Crippen LogP contribution in [0.2, 0.25) is 0 Å². The van der Waals surface area contributed by atoms with Gasteiger partial charge in [0.25, 0.3) is 0 Å². The van der Waals surface area contributed by atoms with Gasteiger partial charge in [0, 0.05) is 31.4 Å². The molecule has 0 radical (unpaired) electrons. The second kappa shape index (κ2) is 8.90. The summed E-state index contributed by atoms with van der Waals surface area (Å²) in [5.41, 5.74) is 2.48. The first-order valence-electron chi connectivity index (χ1n) is 9.33. The van der Waals surface area contributed by atoms with Crippen LogP contribution in [0, 0.1) is 6.92 Å². The van der Waals surface area contributed by atoms with Gasteiger partial charge in [-0.05, 0) is 64.0 Å². The molecule has 0 N–H and O–H groups in total. The predicted molar refractivity (Wildman–Crippen MR) is 105 cm³/mol. The number of ether oxygens (including phenoxy) is 2. The van der Waals surface area contributed by atoms with E-state index in [-0.39, 0.29) is 0 Å². The minimum Gasteiger partial charge on any atom is -0.454 e. The van der Waals surface area contributed by atoms with Gasteiger partial charge >= 0.3 is 0 Å². The van der Waals surface area contributed by atoms with Crippen LogP contribution in [0.25, 0.3) is 0 Å². The van der Waals surface area contributed by atoms with Crippen molar-refractivity contribution in [3.63, 3.8) is 0 Å². The van der Waals surface area contributed by atoms with E-state index in [0.717, 1.165) is 23.9 Å². The summed E-state index contributed by atoms with van der Waals surface area (Å²) in [5, 5.41) is 0. The highest BCUT2D eigenvalue weighted by molar-refractivity contribution is 5.48. The van der Waals surface area contributed by atoms with Gasteiger partial charge in [0.15, 0.2) is 11.5 Å². The standard InChI is InChI=1S/C11H16N2.C10H13NO2/c1-10-5-6-12-11(9-10)13-7-3-2-4-8-13;1-11(2)6-8-4-3-5-9-10(8)13-7-12-9/h5-6,9H,2-4,7-8H2,1H3;3-5H,6-7H2,1-2H3. The molecule has 5 nitrogen and oxygen atoms in total. The molecule has 1 aromatic carbocycles. The molecule has 0 unspecified atom stereocenters. The fraction of sp³-hybridized carbons (Fsp3) is 0.476. The number of hydrogen-bond acceptors (Lipinski definition) is 5. The molecule has 0 saturated carbocycles. The third kappa shape index (κ3) is 4.88. The lowest BCUT2D eigenvalue weighted by molar-refractivity contribution is 0.172. The normalized spacial score (nSPS) is 15.6. The van der Waals surface area contributed by atoms with Crippen LogP contribution in [0.4, 0.5) is 5.82 Å². The highest BCUT2D eigenvalue weighted by atomic mass is 16.7. The van der Waals surface area contributed by atoms with Crippen molar-refractivity contribution in [1.29, 1.82) is 0 Å². The maximum atomic E-state index is 5.38. The van der Waals surface area contributed by atoms with E-state index in [1.165, 1.54) is 43.5 Å². The summed E-state index contributed by atoms with van der Waals surface area (Å²) in [6.07, 6.45) is 5.91. The molecule has 1 fully saturated rings. The molecular formula is C21H29N3O2. The second-order valence-corrected chi connectivity index (χ2v) is 7.13. The van der Waals surface area contributed by atoms with Crippen molar-refractivity contribution in [1.82, 2.24) is 9.88 Å². The Labute approximate surface area is 156 Å². The van der Waals surface area contributed by atoms with E-state index in [4.69, 9.17) is 9.47 Å². The fourth-order valence-corrected chi connectivity index (χ4v) is 3.27. The molecular weight excluding hydrogens is 326 g/mol. The SMILES string of the molecule is CN(C)Cc1cccc2c1OCO2.Cc1ccnc(N2CCCCC2)c1. The Balaban J connectivity index is 0.000000151. The Kier molecular flexibility index (Phi) is 6.34. The number of aryl methyl sites for hydroxylation is 1. The zero-order valence-corrected chi connectivity index (χ0v) is 16.1. The number of hydrogen-bond donors (Lipinski definition) is 0. The average Bonchev–Trinajstić information content (AvgIpc) is 3.13. The number of para-hydroxylation sites is 1. The van der Waals surface area contributed by atoms with Crippen LogP contribution in [0.5, 0.6) is 11.5 Å². The second-order valence-electron chi connectivity index (χ2n) is 7.13. The van der Waals surface area contributed by atoms with Gasteiger partial charge in [-0.1, -0.05) is 12.1 Å². The van der Waals surface area contributed by atoms with Crippen molar-refractivity contribution in [2.45, 2.75) is 32.7 Å². The van der Waals surface area contributed by atoms with Crippen molar-refractivity contribution in [3.8, 4) is 11.5 Å². The van der Waals surface area contributed by atoms with Crippen LogP contribution < -0.4 is 14.4 Å². The number of aromatic nitrogens is 1. The molecule has 3 heterocycles. The van der Waals surface area contributed by atoms with Crippen LogP contribution in [-0.4, -0.2) is 43.9 Å². The van der Waals surface area contributed by atoms with Crippen LogP contribution in [0.15, 0.2) is 36.5 Å². The molecule has 0 atom stereocenters. The summed E-state index contributed by atoms with van der Waals surface area (Å²) in [7, 11) is 4.07. The van der Waals surface area contributed by atoms with E-state index in [0.29, 0.717) is 6.79 Å². The van der Waals surface area contributed by atoms with Gasteiger partial charge < -0.3 is 19.3 Å². The molecule has 4 rings (SSSR count). The molecule has 26 heavy (non-hydrogen) atoms. The van der Waals surface area contributed by atoms with Gasteiger partial charge in [0.2, 0.25) is 6.79 Å². The van der Waals surface area contributed by atoms with E-state index >= 15 is 0 Å². The van der Waals surface area contributed by atoms with E-state index in [2.05, 4.69) is 33.8 Å². The first kappa shape index (κ1) is 18.5. The Morgan fingerprint density at radius 3 is 2.62 bits per heavy atom. The van der Waals surface area contributed by atoms with Gasteiger partial charge in [-0.3, -0.25) is 0 Å². The number of piperidine rings is 1. The van der Waals surface area contributed by atoms with Crippen LogP contribution in [-0.2, 0) is 6.54 Å². The smallest absolute Gasteiger partial charge is 0.231 e. The van der Waals surface area contributed by atoms with E-state index < -0.39 is 0 Å². The fourth-order valence-electron chi connectivity index (χ4n) is 3.27. The van der Waals surface area contributed by atoms with Crippen molar-refractivity contribution in [3.05, 3.63) is 47.7 Å².